The summed E-state index contributed by atoms with van der Waals surface area (Å²) < 4.78 is 10.5. The number of hydrogen-bond donors (Lipinski definition) is 1. The van der Waals surface area contributed by atoms with Gasteiger partial charge in [-0.3, -0.25) is 0 Å². The van der Waals surface area contributed by atoms with Crippen LogP contribution in [-0.2, 0) is 4.74 Å². The third-order valence-electron chi connectivity index (χ3n) is 2.24. The summed E-state index contributed by atoms with van der Waals surface area (Å²) in [7, 11) is 0. The van der Waals surface area contributed by atoms with Crippen molar-refractivity contribution in [1.29, 1.82) is 0 Å². The smallest absolute Gasteiger partial charge is 0.169 e. The van der Waals surface area contributed by atoms with Gasteiger partial charge in [0.25, 0.3) is 0 Å². The van der Waals surface area contributed by atoms with Gasteiger partial charge < -0.3 is 10.1 Å². The Labute approximate surface area is 98.0 Å². The van der Waals surface area contributed by atoms with Crippen molar-refractivity contribution >= 4 is 23.3 Å². The van der Waals surface area contributed by atoms with E-state index in [1.54, 1.807) is 18.1 Å². The van der Waals surface area contributed by atoms with Gasteiger partial charge in [-0.05, 0) is 24.4 Å². The lowest BCUT2D eigenvalue weighted by atomic mass is 10.2. The van der Waals surface area contributed by atoms with E-state index in [0.717, 1.165) is 29.8 Å². The Morgan fingerprint density at radius 2 is 2.67 bits per heavy atom. The normalized spacial score (nSPS) is 20.9. The second kappa shape index (κ2) is 6.42. The predicted molar refractivity (Wildman–Crippen MR) is 62.5 cm³/mol. The molecule has 0 aromatic carbocycles. The van der Waals surface area contributed by atoms with Crippen LogP contribution in [0.3, 0.4) is 0 Å². The summed E-state index contributed by atoms with van der Waals surface area (Å²) >= 11 is 3.21. The van der Waals surface area contributed by atoms with Crippen LogP contribution in [0.2, 0.25) is 0 Å². The summed E-state index contributed by atoms with van der Waals surface area (Å²) in [5, 5.41) is 3.40. The molecular weight excluding hydrogens is 230 g/mol. The summed E-state index contributed by atoms with van der Waals surface area (Å²) in [6.45, 7) is 2.92. The van der Waals surface area contributed by atoms with E-state index in [4.69, 9.17) is 4.74 Å². The van der Waals surface area contributed by atoms with Gasteiger partial charge in [-0.2, -0.15) is 4.37 Å². The van der Waals surface area contributed by atoms with Gasteiger partial charge >= 0.3 is 0 Å². The van der Waals surface area contributed by atoms with Crippen LogP contribution in [0.15, 0.2) is 10.7 Å². The molecule has 0 spiro atoms. The monoisotopic (exact) mass is 245 g/mol. The van der Waals surface area contributed by atoms with E-state index in [1.165, 1.54) is 24.4 Å². The lowest BCUT2D eigenvalue weighted by molar-refractivity contribution is 0.110. The molecule has 0 bridgehead atoms. The van der Waals surface area contributed by atoms with Gasteiger partial charge in [0.15, 0.2) is 4.34 Å². The topological polar surface area (TPSA) is 47.0 Å². The zero-order chi connectivity index (χ0) is 10.3. The highest BCUT2D eigenvalue weighted by atomic mass is 32.2. The van der Waals surface area contributed by atoms with E-state index in [0.29, 0.717) is 6.10 Å². The highest BCUT2D eigenvalue weighted by Crippen LogP contribution is 2.17. The summed E-state index contributed by atoms with van der Waals surface area (Å²) in [4.78, 5) is 4.11. The second-order valence-corrected chi connectivity index (χ2v) is 5.52. The Bertz CT molecular complexity index is 262. The summed E-state index contributed by atoms with van der Waals surface area (Å²) in [5.41, 5.74) is 0. The molecule has 1 fully saturated rings. The second-order valence-electron chi connectivity index (χ2n) is 3.39. The minimum atomic E-state index is 0.441. The maximum atomic E-state index is 5.52. The van der Waals surface area contributed by atoms with Crippen LogP contribution < -0.4 is 5.32 Å². The van der Waals surface area contributed by atoms with Crippen LogP contribution >= 0.6 is 23.3 Å². The van der Waals surface area contributed by atoms with Crippen molar-refractivity contribution in [2.45, 2.75) is 23.3 Å². The number of thioether (sulfide) groups is 1. The fraction of sp³-hybridized carbons (Fsp3) is 0.778. The maximum absolute atomic E-state index is 5.52. The van der Waals surface area contributed by atoms with Crippen molar-refractivity contribution < 1.29 is 4.74 Å². The molecule has 1 N–H and O–H groups in total. The molecule has 1 aliphatic rings. The molecule has 2 rings (SSSR count). The standard InChI is InChI=1S/C9H15N3OS2/c1-2-8(13-4-1)6-10-3-5-14-9-11-7-12-15-9/h7-8,10H,1-6H2. The highest BCUT2D eigenvalue weighted by Gasteiger charge is 2.14. The first kappa shape index (κ1) is 11.3. The van der Waals surface area contributed by atoms with E-state index in [-0.39, 0.29) is 0 Å². The Kier molecular flexibility index (Phi) is 4.85. The van der Waals surface area contributed by atoms with Gasteiger partial charge in [0, 0.05) is 25.4 Å². The van der Waals surface area contributed by atoms with Crippen LogP contribution in [0.5, 0.6) is 0 Å². The zero-order valence-corrected chi connectivity index (χ0v) is 10.1. The maximum Gasteiger partial charge on any atom is 0.169 e. The first-order valence-corrected chi connectivity index (χ1v) is 6.93. The molecule has 1 atom stereocenters. The van der Waals surface area contributed by atoms with E-state index >= 15 is 0 Å². The van der Waals surface area contributed by atoms with Gasteiger partial charge in [0.2, 0.25) is 0 Å². The predicted octanol–water partition coefficient (Wildman–Crippen LogP) is 1.40. The van der Waals surface area contributed by atoms with Gasteiger partial charge in [0.05, 0.1) is 6.10 Å². The highest BCUT2D eigenvalue weighted by molar-refractivity contribution is 8.00. The molecule has 0 amide bonds. The molecule has 84 valence electrons. The molecule has 2 heterocycles. The van der Waals surface area contributed by atoms with Crippen molar-refractivity contribution in [3.8, 4) is 0 Å². The molecule has 1 aromatic heterocycles. The molecule has 1 aliphatic heterocycles. The summed E-state index contributed by atoms with van der Waals surface area (Å²) in [6, 6.07) is 0. The molecule has 0 saturated carbocycles. The molecule has 0 radical (unpaired) electrons. The largest absolute Gasteiger partial charge is 0.377 e. The molecule has 4 nitrogen and oxygen atoms in total. The van der Waals surface area contributed by atoms with Gasteiger partial charge in [-0.25, -0.2) is 4.98 Å². The Morgan fingerprint density at radius 1 is 1.67 bits per heavy atom. The minimum absolute atomic E-state index is 0.441. The van der Waals surface area contributed by atoms with Crippen molar-refractivity contribution in [3.05, 3.63) is 6.33 Å². The average molecular weight is 245 g/mol. The van der Waals surface area contributed by atoms with E-state index in [9.17, 15) is 0 Å². The van der Waals surface area contributed by atoms with Gasteiger partial charge in [0.1, 0.15) is 6.33 Å². The lowest BCUT2D eigenvalue weighted by Crippen LogP contribution is -2.27. The number of aromatic nitrogens is 2. The first-order valence-electron chi connectivity index (χ1n) is 5.17. The number of ether oxygens (including phenoxy) is 1. The Morgan fingerprint density at radius 3 is 3.40 bits per heavy atom. The van der Waals surface area contributed by atoms with Crippen molar-refractivity contribution in [2.75, 3.05) is 25.4 Å². The summed E-state index contributed by atoms with van der Waals surface area (Å²) in [5.74, 6) is 1.04. The first-order chi connectivity index (χ1) is 7.45. The third-order valence-corrected chi connectivity index (χ3v) is 4.04. The van der Waals surface area contributed by atoms with Crippen molar-refractivity contribution in [3.63, 3.8) is 0 Å². The number of nitrogens with zero attached hydrogens (tertiary/aromatic N) is 2. The number of rotatable bonds is 6. The van der Waals surface area contributed by atoms with E-state index in [2.05, 4.69) is 14.7 Å². The van der Waals surface area contributed by atoms with Crippen LogP contribution in [-0.4, -0.2) is 40.9 Å². The fourth-order valence-corrected chi connectivity index (χ4v) is 2.92. The van der Waals surface area contributed by atoms with Crippen LogP contribution in [0.4, 0.5) is 0 Å². The Balaban J connectivity index is 1.48. The van der Waals surface area contributed by atoms with Gasteiger partial charge in [-0.15, -0.1) is 0 Å². The van der Waals surface area contributed by atoms with Crippen LogP contribution in [0.1, 0.15) is 12.8 Å². The average Bonchev–Trinajstić information content (AvgIpc) is 2.88. The van der Waals surface area contributed by atoms with Crippen molar-refractivity contribution in [2.24, 2.45) is 0 Å². The molecule has 1 aromatic rings. The van der Waals surface area contributed by atoms with E-state index < -0.39 is 0 Å². The molecule has 6 heteroatoms. The van der Waals surface area contributed by atoms with Crippen LogP contribution in [0.25, 0.3) is 0 Å². The third kappa shape index (κ3) is 4.06. The van der Waals surface area contributed by atoms with Crippen LogP contribution in [0, 0.1) is 0 Å². The molecule has 15 heavy (non-hydrogen) atoms. The van der Waals surface area contributed by atoms with Crippen molar-refractivity contribution in [1.82, 2.24) is 14.7 Å². The lowest BCUT2D eigenvalue weighted by Gasteiger charge is -2.09. The van der Waals surface area contributed by atoms with E-state index in [1.807, 2.05) is 0 Å². The fourth-order valence-electron chi connectivity index (χ4n) is 1.51. The quantitative estimate of drug-likeness (QED) is 0.606. The SMILES string of the molecule is c1nsc(SCCNCC2CCCO2)n1. The molecule has 1 saturated heterocycles. The number of nitrogens with one attached hydrogen (secondary N) is 1. The molecular formula is C9H15N3OS2. The molecule has 1 unspecified atom stereocenters. The molecule has 0 aliphatic carbocycles. The summed E-state index contributed by atoms with van der Waals surface area (Å²) in [6.07, 6.45) is 4.46. The zero-order valence-electron chi connectivity index (χ0n) is 8.52. The number of hydrogen-bond acceptors (Lipinski definition) is 6. The minimum Gasteiger partial charge on any atom is -0.377 e. The van der Waals surface area contributed by atoms with Gasteiger partial charge in [-0.1, -0.05) is 11.8 Å². The Hall–Kier alpha value is -0.170.